The highest BCUT2D eigenvalue weighted by Crippen LogP contribution is 2.37. The molecule has 7 nitrogen and oxygen atoms in total. The van der Waals surface area contributed by atoms with E-state index >= 15 is 8.78 Å². The zero-order valence-corrected chi connectivity index (χ0v) is 16.6. The highest BCUT2D eigenvalue weighted by molar-refractivity contribution is 5.99. The number of pyridine rings is 1. The Hall–Kier alpha value is -2.68. The summed E-state index contributed by atoms with van der Waals surface area (Å²) < 4.78 is 31.9. The van der Waals surface area contributed by atoms with Crippen LogP contribution >= 0.6 is 0 Å². The van der Waals surface area contributed by atoms with Gasteiger partial charge in [0, 0.05) is 25.8 Å². The molecule has 29 heavy (non-hydrogen) atoms. The lowest BCUT2D eigenvalue weighted by Gasteiger charge is -2.23. The van der Waals surface area contributed by atoms with Crippen molar-refractivity contribution in [3.05, 3.63) is 33.6 Å². The first-order chi connectivity index (χ1) is 13.8. The van der Waals surface area contributed by atoms with Crippen molar-refractivity contribution >= 4 is 28.2 Å². The molecular weight excluding hydrogens is 382 g/mol. The van der Waals surface area contributed by atoms with Crippen LogP contribution in [0.5, 0.6) is 0 Å². The molecule has 0 amide bonds. The second kappa shape index (κ2) is 8.36. The zero-order valence-electron chi connectivity index (χ0n) is 16.6. The van der Waals surface area contributed by atoms with Crippen LogP contribution in [0.3, 0.4) is 0 Å². The molecule has 1 fully saturated rings. The number of halogens is 2. The van der Waals surface area contributed by atoms with Crippen LogP contribution in [-0.2, 0) is 6.54 Å². The first-order valence-electron chi connectivity index (χ1n) is 9.84. The zero-order chi connectivity index (χ0) is 21.3. The summed E-state index contributed by atoms with van der Waals surface area (Å²) in [7, 11) is 0. The molecule has 2 aromatic rings. The highest BCUT2D eigenvalue weighted by Gasteiger charge is 2.31. The van der Waals surface area contributed by atoms with Crippen LogP contribution in [0.1, 0.15) is 37.0 Å². The predicted octanol–water partition coefficient (Wildman–Crippen LogP) is 2.41. The number of nitrogens with one attached hydrogen (secondary N) is 1. The number of carboxylic acid groups (broad SMARTS) is 1. The van der Waals surface area contributed by atoms with Gasteiger partial charge in [0.2, 0.25) is 5.43 Å². The SMILES string of the molecule is CCCNCC1CCN(c2c(F)c(N)c3c(=O)c(C(=O)O)cn(CC)c3c2F)C1. The lowest BCUT2D eigenvalue weighted by atomic mass is 10.1. The molecule has 1 aliphatic heterocycles. The number of aryl methyl sites for hydroxylation is 1. The van der Waals surface area contributed by atoms with Gasteiger partial charge in [0.1, 0.15) is 11.3 Å². The van der Waals surface area contributed by atoms with Crippen molar-refractivity contribution in [2.45, 2.75) is 33.2 Å². The Kier molecular flexibility index (Phi) is 6.07. The molecule has 158 valence electrons. The van der Waals surface area contributed by atoms with Crippen LogP contribution in [0.25, 0.3) is 10.9 Å². The van der Waals surface area contributed by atoms with E-state index in [4.69, 9.17) is 5.73 Å². The van der Waals surface area contributed by atoms with Crippen LogP contribution < -0.4 is 21.4 Å². The van der Waals surface area contributed by atoms with E-state index in [1.807, 2.05) is 0 Å². The van der Waals surface area contributed by atoms with Gasteiger partial charge in [-0.2, -0.15) is 0 Å². The van der Waals surface area contributed by atoms with E-state index in [0.29, 0.717) is 13.1 Å². The minimum atomic E-state index is -1.47. The van der Waals surface area contributed by atoms with E-state index in [2.05, 4.69) is 12.2 Å². The molecule has 1 aliphatic rings. The number of carboxylic acids is 1. The summed E-state index contributed by atoms with van der Waals surface area (Å²) in [5, 5.41) is 12.2. The van der Waals surface area contributed by atoms with Gasteiger partial charge in [0.15, 0.2) is 11.6 Å². The van der Waals surface area contributed by atoms with Gasteiger partial charge in [-0.1, -0.05) is 6.92 Å². The van der Waals surface area contributed by atoms with Crippen LogP contribution in [0.2, 0.25) is 0 Å². The minimum absolute atomic E-state index is 0.163. The number of fused-ring (bicyclic) bond motifs is 1. The standard InChI is InChI=1S/C20H26F2N4O3/c1-3-6-24-8-11-5-7-26(9-11)18-14(21)16(23)13-17(15(18)22)25(4-2)10-12(19(13)27)20(28)29/h10-11,24H,3-9,23H2,1-2H3,(H,28,29). The number of nitrogens with two attached hydrogens (primary N) is 1. The number of carbonyl (C=O) groups is 1. The number of nitrogen functional groups attached to an aromatic ring is 1. The fraction of sp³-hybridized carbons (Fsp3) is 0.500. The number of rotatable bonds is 7. The van der Waals surface area contributed by atoms with E-state index < -0.39 is 39.7 Å². The lowest BCUT2D eigenvalue weighted by Crippen LogP contribution is -2.28. The number of hydrogen-bond acceptors (Lipinski definition) is 5. The van der Waals surface area contributed by atoms with Crippen molar-refractivity contribution in [1.29, 1.82) is 0 Å². The van der Waals surface area contributed by atoms with Gasteiger partial charge in [-0.15, -0.1) is 0 Å². The van der Waals surface area contributed by atoms with Crippen molar-refractivity contribution in [3.8, 4) is 0 Å². The molecule has 0 spiro atoms. The smallest absolute Gasteiger partial charge is 0.341 e. The normalized spacial score (nSPS) is 16.7. The van der Waals surface area contributed by atoms with Crippen LogP contribution in [0.4, 0.5) is 20.2 Å². The summed E-state index contributed by atoms with van der Waals surface area (Å²) >= 11 is 0. The Balaban J connectivity index is 2.13. The first-order valence-corrected chi connectivity index (χ1v) is 9.84. The maximum absolute atomic E-state index is 15.5. The molecule has 3 rings (SSSR count). The number of aromatic nitrogens is 1. The Morgan fingerprint density at radius 3 is 2.69 bits per heavy atom. The second-order valence-corrected chi connectivity index (χ2v) is 7.38. The average molecular weight is 408 g/mol. The maximum atomic E-state index is 15.5. The van der Waals surface area contributed by atoms with Crippen LogP contribution in [-0.4, -0.2) is 41.8 Å². The third-order valence-corrected chi connectivity index (χ3v) is 5.44. The highest BCUT2D eigenvalue weighted by atomic mass is 19.1. The van der Waals surface area contributed by atoms with Crippen molar-refractivity contribution < 1.29 is 18.7 Å². The van der Waals surface area contributed by atoms with E-state index in [1.165, 1.54) is 4.57 Å². The van der Waals surface area contributed by atoms with E-state index in [-0.39, 0.29) is 23.7 Å². The van der Waals surface area contributed by atoms with Crippen molar-refractivity contribution in [2.24, 2.45) is 5.92 Å². The Labute approximate surface area is 167 Å². The lowest BCUT2D eigenvalue weighted by molar-refractivity contribution is 0.0695. The average Bonchev–Trinajstić information content (AvgIpc) is 3.14. The molecule has 1 aromatic carbocycles. The largest absolute Gasteiger partial charge is 0.477 e. The van der Waals surface area contributed by atoms with Gasteiger partial charge in [-0.05, 0) is 38.8 Å². The number of aromatic carboxylic acids is 1. The van der Waals surface area contributed by atoms with E-state index in [1.54, 1.807) is 11.8 Å². The number of nitrogens with zero attached hydrogens (tertiary/aromatic N) is 2. The fourth-order valence-corrected chi connectivity index (χ4v) is 3.96. The van der Waals surface area contributed by atoms with E-state index in [9.17, 15) is 14.7 Å². The van der Waals surface area contributed by atoms with Gasteiger partial charge in [-0.3, -0.25) is 4.79 Å². The molecule has 1 aromatic heterocycles. The summed E-state index contributed by atoms with van der Waals surface area (Å²) in [6, 6.07) is 0. The molecular formula is C20H26F2N4O3. The van der Waals surface area contributed by atoms with Crippen molar-refractivity contribution in [1.82, 2.24) is 9.88 Å². The molecule has 0 radical (unpaired) electrons. The summed E-state index contributed by atoms with van der Waals surface area (Å²) in [4.78, 5) is 25.6. The summed E-state index contributed by atoms with van der Waals surface area (Å²) in [5.74, 6) is -3.12. The molecule has 0 bridgehead atoms. The number of hydrogen-bond donors (Lipinski definition) is 3. The first kappa shape index (κ1) is 21.0. The molecule has 9 heteroatoms. The molecule has 2 heterocycles. The maximum Gasteiger partial charge on any atom is 0.341 e. The molecule has 0 saturated carbocycles. The third-order valence-electron chi connectivity index (χ3n) is 5.44. The van der Waals surface area contributed by atoms with Gasteiger partial charge >= 0.3 is 5.97 Å². The van der Waals surface area contributed by atoms with Gasteiger partial charge < -0.3 is 25.6 Å². The van der Waals surface area contributed by atoms with Crippen molar-refractivity contribution in [3.63, 3.8) is 0 Å². The third kappa shape index (κ3) is 3.66. The quantitative estimate of drug-likeness (QED) is 0.481. The van der Waals surface area contributed by atoms with Gasteiger partial charge in [0.05, 0.1) is 16.6 Å². The second-order valence-electron chi connectivity index (χ2n) is 7.38. The number of anilines is 2. The molecule has 4 N–H and O–H groups in total. The fourth-order valence-electron chi connectivity index (χ4n) is 3.96. The van der Waals surface area contributed by atoms with E-state index in [0.717, 1.165) is 32.1 Å². The summed E-state index contributed by atoms with van der Waals surface area (Å²) in [5.41, 5.74) is 3.41. The van der Waals surface area contributed by atoms with Gasteiger partial charge in [-0.25, -0.2) is 13.6 Å². The Morgan fingerprint density at radius 1 is 1.34 bits per heavy atom. The Morgan fingerprint density at radius 2 is 2.07 bits per heavy atom. The van der Waals surface area contributed by atoms with Crippen molar-refractivity contribution in [2.75, 3.05) is 36.8 Å². The Bertz CT molecular complexity index is 1010. The monoisotopic (exact) mass is 408 g/mol. The number of benzene rings is 1. The molecule has 1 saturated heterocycles. The van der Waals surface area contributed by atoms with Crippen LogP contribution in [0.15, 0.2) is 11.0 Å². The van der Waals surface area contributed by atoms with Gasteiger partial charge in [0.25, 0.3) is 0 Å². The molecule has 0 aliphatic carbocycles. The minimum Gasteiger partial charge on any atom is -0.477 e. The van der Waals surface area contributed by atoms with Crippen LogP contribution in [0, 0.1) is 17.6 Å². The topological polar surface area (TPSA) is 101 Å². The molecule has 1 unspecified atom stereocenters. The summed E-state index contributed by atoms with van der Waals surface area (Å²) in [6.07, 6.45) is 2.87. The molecule has 1 atom stereocenters. The summed E-state index contributed by atoms with van der Waals surface area (Å²) in [6.45, 7) is 6.54. The predicted molar refractivity (Wildman–Crippen MR) is 109 cm³/mol.